The second-order valence-electron chi connectivity index (χ2n) is 4.10. The second-order valence-corrected chi connectivity index (χ2v) is 4.10. The Labute approximate surface area is 105 Å². The van der Waals surface area contributed by atoms with Crippen LogP contribution >= 0.6 is 0 Å². The fourth-order valence-corrected chi connectivity index (χ4v) is 1.98. The SMILES string of the molecule is CCN(CC#N)c1ccc2c(C)cc(=O)oc2c1. The first-order valence-electron chi connectivity index (χ1n) is 5.82. The highest BCUT2D eigenvalue weighted by atomic mass is 16.4. The number of rotatable bonds is 3. The Morgan fingerprint density at radius 2 is 2.17 bits per heavy atom. The lowest BCUT2D eigenvalue weighted by Gasteiger charge is -2.19. The van der Waals surface area contributed by atoms with Crippen molar-refractivity contribution in [2.75, 3.05) is 18.0 Å². The molecule has 1 aromatic heterocycles. The van der Waals surface area contributed by atoms with Gasteiger partial charge in [0.15, 0.2) is 0 Å². The van der Waals surface area contributed by atoms with Crippen molar-refractivity contribution in [3.8, 4) is 6.07 Å². The maximum Gasteiger partial charge on any atom is 0.336 e. The van der Waals surface area contributed by atoms with Gasteiger partial charge in [-0.1, -0.05) is 0 Å². The number of aryl methyl sites for hydroxylation is 1. The largest absolute Gasteiger partial charge is 0.423 e. The van der Waals surface area contributed by atoms with Crippen molar-refractivity contribution in [1.29, 1.82) is 5.26 Å². The van der Waals surface area contributed by atoms with Crippen LogP contribution in [0.25, 0.3) is 11.0 Å². The van der Waals surface area contributed by atoms with Crippen molar-refractivity contribution in [2.24, 2.45) is 0 Å². The third kappa shape index (κ3) is 2.21. The fourth-order valence-electron chi connectivity index (χ4n) is 1.98. The smallest absolute Gasteiger partial charge is 0.336 e. The average molecular weight is 242 g/mol. The first-order valence-corrected chi connectivity index (χ1v) is 5.82. The second kappa shape index (κ2) is 4.92. The zero-order valence-electron chi connectivity index (χ0n) is 10.4. The summed E-state index contributed by atoms with van der Waals surface area (Å²) in [5.74, 6) is 0. The molecular weight excluding hydrogens is 228 g/mol. The monoisotopic (exact) mass is 242 g/mol. The van der Waals surface area contributed by atoms with E-state index in [1.165, 1.54) is 6.07 Å². The molecule has 0 amide bonds. The van der Waals surface area contributed by atoms with E-state index in [1.807, 2.05) is 36.9 Å². The van der Waals surface area contributed by atoms with E-state index in [0.717, 1.165) is 23.2 Å². The summed E-state index contributed by atoms with van der Waals surface area (Å²) < 4.78 is 5.19. The van der Waals surface area contributed by atoms with Crippen molar-refractivity contribution >= 4 is 16.7 Å². The molecule has 0 fully saturated rings. The van der Waals surface area contributed by atoms with Crippen LogP contribution in [0.4, 0.5) is 5.69 Å². The summed E-state index contributed by atoms with van der Waals surface area (Å²) in [5, 5.41) is 9.69. The minimum absolute atomic E-state index is 0.318. The van der Waals surface area contributed by atoms with Gasteiger partial charge in [-0.15, -0.1) is 0 Å². The van der Waals surface area contributed by atoms with Crippen LogP contribution < -0.4 is 10.5 Å². The molecule has 2 rings (SSSR count). The molecule has 0 radical (unpaired) electrons. The summed E-state index contributed by atoms with van der Waals surface area (Å²) in [5.41, 5.74) is 2.01. The molecule has 0 aliphatic heterocycles. The van der Waals surface area contributed by atoms with Gasteiger partial charge in [-0.05, 0) is 31.5 Å². The standard InChI is InChI=1S/C14H14N2O2/c1-3-16(7-6-15)11-4-5-12-10(2)8-14(17)18-13(12)9-11/h4-5,8-9H,3,7H2,1-2H3. The summed E-state index contributed by atoms with van der Waals surface area (Å²) in [6.07, 6.45) is 0. The van der Waals surface area contributed by atoms with Gasteiger partial charge in [-0.2, -0.15) is 5.26 Å². The molecule has 0 spiro atoms. The maximum atomic E-state index is 11.3. The van der Waals surface area contributed by atoms with E-state index < -0.39 is 0 Å². The zero-order valence-corrected chi connectivity index (χ0v) is 10.4. The average Bonchev–Trinajstić information content (AvgIpc) is 2.35. The Kier molecular flexibility index (Phi) is 3.33. The molecule has 0 aliphatic carbocycles. The fraction of sp³-hybridized carbons (Fsp3) is 0.286. The highest BCUT2D eigenvalue weighted by Crippen LogP contribution is 2.23. The minimum atomic E-state index is -0.347. The molecule has 1 aromatic carbocycles. The molecule has 18 heavy (non-hydrogen) atoms. The van der Waals surface area contributed by atoms with Gasteiger partial charge in [0.1, 0.15) is 12.1 Å². The lowest BCUT2D eigenvalue weighted by molar-refractivity contribution is 0.560. The molecule has 4 heteroatoms. The molecule has 0 saturated carbocycles. The quantitative estimate of drug-likeness (QED) is 0.612. The van der Waals surface area contributed by atoms with Crippen LogP contribution in [-0.2, 0) is 0 Å². The molecule has 1 heterocycles. The van der Waals surface area contributed by atoms with Crippen LogP contribution in [0, 0.1) is 18.3 Å². The Bertz CT molecular complexity index is 668. The summed E-state index contributed by atoms with van der Waals surface area (Å²) in [4.78, 5) is 13.3. The van der Waals surface area contributed by atoms with Gasteiger partial charge >= 0.3 is 5.63 Å². The highest BCUT2D eigenvalue weighted by molar-refractivity contribution is 5.83. The van der Waals surface area contributed by atoms with Gasteiger partial charge < -0.3 is 9.32 Å². The van der Waals surface area contributed by atoms with E-state index in [1.54, 1.807) is 0 Å². The first-order chi connectivity index (χ1) is 8.65. The van der Waals surface area contributed by atoms with Gasteiger partial charge in [-0.25, -0.2) is 4.79 Å². The molecule has 0 unspecified atom stereocenters. The van der Waals surface area contributed by atoms with Crippen molar-refractivity contribution in [1.82, 2.24) is 0 Å². The molecule has 92 valence electrons. The third-order valence-electron chi connectivity index (χ3n) is 2.94. The third-order valence-corrected chi connectivity index (χ3v) is 2.94. The zero-order chi connectivity index (χ0) is 13.1. The van der Waals surface area contributed by atoms with Crippen LogP contribution in [0.1, 0.15) is 12.5 Å². The van der Waals surface area contributed by atoms with Crippen molar-refractivity contribution in [3.05, 3.63) is 40.2 Å². The molecule has 4 nitrogen and oxygen atoms in total. The number of nitriles is 1. The number of benzene rings is 1. The van der Waals surface area contributed by atoms with E-state index in [-0.39, 0.29) is 5.63 Å². The topological polar surface area (TPSA) is 57.2 Å². The molecule has 0 atom stereocenters. The summed E-state index contributed by atoms with van der Waals surface area (Å²) in [6.45, 7) is 4.91. The van der Waals surface area contributed by atoms with Crippen LogP contribution in [0.5, 0.6) is 0 Å². The summed E-state index contributed by atoms with van der Waals surface area (Å²) >= 11 is 0. The van der Waals surface area contributed by atoms with E-state index in [2.05, 4.69) is 6.07 Å². The number of anilines is 1. The lowest BCUT2D eigenvalue weighted by atomic mass is 10.1. The predicted octanol–water partition coefficient (Wildman–Crippen LogP) is 2.45. The Balaban J connectivity index is 2.56. The van der Waals surface area contributed by atoms with Crippen LogP contribution in [0.15, 0.2) is 33.5 Å². The van der Waals surface area contributed by atoms with Gasteiger partial charge in [0.2, 0.25) is 0 Å². The Morgan fingerprint density at radius 1 is 1.39 bits per heavy atom. The number of fused-ring (bicyclic) bond motifs is 1. The molecule has 2 aromatic rings. The lowest BCUT2D eigenvalue weighted by Crippen LogP contribution is -2.22. The summed E-state index contributed by atoms with van der Waals surface area (Å²) in [6, 6.07) is 9.27. The maximum absolute atomic E-state index is 11.3. The van der Waals surface area contributed by atoms with Crippen molar-refractivity contribution in [2.45, 2.75) is 13.8 Å². The van der Waals surface area contributed by atoms with Gasteiger partial charge in [0, 0.05) is 29.8 Å². The highest BCUT2D eigenvalue weighted by Gasteiger charge is 2.07. The van der Waals surface area contributed by atoms with E-state index in [0.29, 0.717) is 12.1 Å². The van der Waals surface area contributed by atoms with Crippen LogP contribution in [-0.4, -0.2) is 13.1 Å². The minimum Gasteiger partial charge on any atom is -0.423 e. The van der Waals surface area contributed by atoms with Gasteiger partial charge in [0.25, 0.3) is 0 Å². The Morgan fingerprint density at radius 3 is 2.83 bits per heavy atom. The van der Waals surface area contributed by atoms with Gasteiger partial charge in [-0.3, -0.25) is 0 Å². The number of hydrogen-bond acceptors (Lipinski definition) is 4. The number of hydrogen-bond donors (Lipinski definition) is 0. The Hall–Kier alpha value is -2.28. The molecule has 0 N–H and O–H groups in total. The normalized spacial score (nSPS) is 10.3. The van der Waals surface area contributed by atoms with E-state index >= 15 is 0 Å². The van der Waals surface area contributed by atoms with Crippen molar-refractivity contribution in [3.63, 3.8) is 0 Å². The van der Waals surface area contributed by atoms with Crippen LogP contribution in [0.3, 0.4) is 0 Å². The molecule has 0 aliphatic rings. The van der Waals surface area contributed by atoms with Gasteiger partial charge in [0.05, 0.1) is 6.07 Å². The molecule has 0 bridgehead atoms. The molecule has 0 saturated heterocycles. The van der Waals surface area contributed by atoms with Crippen LogP contribution in [0.2, 0.25) is 0 Å². The first kappa shape index (κ1) is 12.2. The predicted molar refractivity (Wildman–Crippen MR) is 70.7 cm³/mol. The number of nitrogens with zero attached hydrogens (tertiary/aromatic N) is 2. The molecular formula is C14H14N2O2. The van der Waals surface area contributed by atoms with E-state index in [4.69, 9.17) is 9.68 Å². The summed E-state index contributed by atoms with van der Waals surface area (Å²) in [7, 11) is 0. The van der Waals surface area contributed by atoms with Crippen molar-refractivity contribution < 1.29 is 4.42 Å². The van der Waals surface area contributed by atoms with E-state index in [9.17, 15) is 4.79 Å².